The number of nitrogens with zero attached hydrogens (tertiary/aromatic N) is 2. The Labute approximate surface area is 195 Å². The lowest BCUT2D eigenvalue weighted by Crippen LogP contribution is -2.44. The van der Waals surface area contributed by atoms with Crippen LogP contribution in [0.4, 0.5) is 4.79 Å². The Bertz CT molecular complexity index is 1120. The number of carbonyl (C=O) groups excluding carboxylic acids is 2. The fourth-order valence-electron chi connectivity index (χ4n) is 5.25. The molecule has 3 aromatic rings. The molecule has 6 nitrogen and oxygen atoms in total. The molecular formula is C27H32N4O2. The number of para-hydroxylation sites is 1. The van der Waals surface area contributed by atoms with Crippen LogP contribution in [0.1, 0.15) is 36.1 Å². The summed E-state index contributed by atoms with van der Waals surface area (Å²) in [4.78, 5) is 32.6. The van der Waals surface area contributed by atoms with E-state index in [0.29, 0.717) is 32.0 Å². The van der Waals surface area contributed by atoms with Gasteiger partial charge in [-0.15, -0.1) is 0 Å². The summed E-state index contributed by atoms with van der Waals surface area (Å²) in [6.07, 6.45) is 4.40. The van der Waals surface area contributed by atoms with Crippen LogP contribution < -0.4 is 5.32 Å². The van der Waals surface area contributed by atoms with Gasteiger partial charge in [-0.2, -0.15) is 0 Å². The lowest BCUT2D eigenvalue weighted by atomic mass is 9.90. The highest BCUT2D eigenvalue weighted by atomic mass is 16.2. The minimum absolute atomic E-state index is 0.0892. The smallest absolute Gasteiger partial charge is 0.317 e. The summed E-state index contributed by atoms with van der Waals surface area (Å²) < 4.78 is 0. The molecule has 0 radical (unpaired) electrons. The molecule has 0 aliphatic carbocycles. The molecule has 2 aliphatic heterocycles. The molecule has 0 unspecified atom stereocenters. The van der Waals surface area contributed by atoms with E-state index in [4.69, 9.17) is 0 Å². The largest absolute Gasteiger partial charge is 0.357 e. The normalized spacial score (nSPS) is 16.6. The summed E-state index contributed by atoms with van der Waals surface area (Å²) in [7, 11) is 0. The molecule has 6 heteroatoms. The van der Waals surface area contributed by atoms with Gasteiger partial charge in [-0.25, -0.2) is 4.79 Å². The maximum Gasteiger partial charge on any atom is 0.317 e. The second-order valence-corrected chi connectivity index (χ2v) is 9.30. The first kappa shape index (κ1) is 21.6. The second-order valence-electron chi connectivity index (χ2n) is 9.30. The number of hydrogen-bond acceptors (Lipinski definition) is 2. The van der Waals surface area contributed by atoms with Crippen molar-refractivity contribution in [3.05, 3.63) is 71.4 Å². The topological polar surface area (TPSA) is 68.4 Å². The fraction of sp³-hybridized carbons (Fsp3) is 0.407. The minimum atomic E-state index is -0.0892. The first-order valence-electron chi connectivity index (χ1n) is 12.1. The van der Waals surface area contributed by atoms with Crippen LogP contribution in [-0.2, 0) is 24.2 Å². The van der Waals surface area contributed by atoms with Gasteiger partial charge in [0.15, 0.2) is 0 Å². The number of benzene rings is 2. The monoisotopic (exact) mass is 444 g/mol. The van der Waals surface area contributed by atoms with E-state index in [1.54, 1.807) is 0 Å². The van der Waals surface area contributed by atoms with Gasteiger partial charge in [0.1, 0.15) is 0 Å². The van der Waals surface area contributed by atoms with Crippen LogP contribution in [0.3, 0.4) is 0 Å². The van der Waals surface area contributed by atoms with Crippen molar-refractivity contribution in [2.75, 3.05) is 26.2 Å². The first-order chi connectivity index (χ1) is 16.2. The number of likely N-dealkylation sites (tertiary alicyclic amines) is 1. The van der Waals surface area contributed by atoms with Gasteiger partial charge in [-0.05, 0) is 48.8 Å². The van der Waals surface area contributed by atoms with Crippen LogP contribution in [0.25, 0.3) is 10.9 Å². The van der Waals surface area contributed by atoms with Gasteiger partial charge < -0.3 is 20.1 Å². The number of fused-ring (bicyclic) bond motifs is 3. The Balaban J connectivity index is 1.05. The summed E-state index contributed by atoms with van der Waals surface area (Å²) in [5.41, 5.74) is 4.94. The molecule has 0 spiro atoms. The van der Waals surface area contributed by atoms with Crippen molar-refractivity contribution in [1.29, 1.82) is 0 Å². The highest BCUT2D eigenvalue weighted by Gasteiger charge is 2.25. The Kier molecular flexibility index (Phi) is 6.33. The third kappa shape index (κ3) is 4.90. The maximum absolute atomic E-state index is 12.7. The molecular weight excluding hydrogens is 412 g/mol. The van der Waals surface area contributed by atoms with Gasteiger partial charge in [-0.1, -0.05) is 48.5 Å². The van der Waals surface area contributed by atoms with Crippen LogP contribution in [0, 0.1) is 5.92 Å². The Hall–Kier alpha value is -3.28. The van der Waals surface area contributed by atoms with E-state index in [-0.39, 0.29) is 11.9 Å². The van der Waals surface area contributed by atoms with E-state index in [9.17, 15) is 9.59 Å². The molecule has 2 N–H and O–H groups in total. The summed E-state index contributed by atoms with van der Waals surface area (Å²) in [5.74, 6) is 0.787. The van der Waals surface area contributed by atoms with Gasteiger partial charge in [0.05, 0.1) is 6.54 Å². The van der Waals surface area contributed by atoms with E-state index >= 15 is 0 Å². The maximum atomic E-state index is 12.7. The average Bonchev–Trinajstić information content (AvgIpc) is 3.23. The summed E-state index contributed by atoms with van der Waals surface area (Å²) >= 11 is 0. The number of aromatic nitrogens is 1. The van der Waals surface area contributed by atoms with E-state index in [2.05, 4.69) is 52.8 Å². The van der Waals surface area contributed by atoms with Crippen molar-refractivity contribution < 1.29 is 9.59 Å². The molecule has 5 rings (SSSR count). The van der Waals surface area contributed by atoms with E-state index in [1.165, 1.54) is 16.5 Å². The van der Waals surface area contributed by atoms with Gasteiger partial charge in [-0.3, -0.25) is 4.79 Å². The molecule has 3 amide bonds. The second kappa shape index (κ2) is 9.69. The zero-order chi connectivity index (χ0) is 22.6. The Morgan fingerprint density at radius 2 is 1.70 bits per heavy atom. The predicted molar refractivity (Wildman–Crippen MR) is 130 cm³/mol. The molecule has 0 bridgehead atoms. The van der Waals surface area contributed by atoms with E-state index in [1.807, 2.05) is 21.9 Å². The number of carbonyl (C=O) groups is 2. The van der Waals surface area contributed by atoms with Gasteiger partial charge >= 0.3 is 6.03 Å². The number of aromatic amines is 1. The SMILES string of the molecule is O=C(CCNC(=O)N1CCc2c([nH]c3ccccc23)C1)N1CCC(Cc2ccccc2)CC1. The lowest BCUT2D eigenvalue weighted by molar-refractivity contribution is -0.132. The van der Waals surface area contributed by atoms with Gasteiger partial charge in [0.2, 0.25) is 5.91 Å². The minimum Gasteiger partial charge on any atom is -0.357 e. The number of nitrogens with one attached hydrogen (secondary N) is 2. The number of hydrogen-bond donors (Lipinski definition) is 2. The van der Waals surface area contributed by atoms with Crippen molar-refractivity contribution in [2.45, 2.75) is 38.6 Å². The molecule has 0 saturated carbocycles. The highest BCUT2D eigenvalue weighted by molar-refractivity contribution is 5.85. The number of amides is 3. The Morgan fingerprint density at radius 1 is 0.939 bits per heavy atom. The number of piperidine rings is 1. The van der Waals surface area contributed by atoms with Crippen molar-refractivity contribution in [3.8, 4) is 0 Å². The molecule has 2 aromatic carbocycles. The van der Waals surface area contributed by atoms with Crippen LogP contribution >= 0.6 is 0 Å². The molecule has 2 aliphatic rings. The molecule has 3 heterocycles. The zero-order valence-electron chi connectivity index (χ0n) is 19.1. The zero-order valence-corrected chi connectivity index (χ0v) is 19.1. The molecule has 172 valence electrons. The molecule has 33 heavy (non-hydrogen) atoms. The number of rotatable bonds is 5. The molecule has 1 fully saturated rings. The van der Waals surface area contributed by atoms with Crippen molar-refractivity contribution in [3.63, 3.8) is 0 Å². The number of H-pyrrole nitrogens is 1. The number of urea groups is 1. The van der Waals surface area contributed by atoms with E-state index in [0.717, 1.165) is 50.0 Å². The third-order valence-electron chi connectivity index (χ3n) is 7.12. The molecule has 0 atom stereocenters. The quantitative estimate of drug-likeness (QED) is 0.622. The predicted octanol–water partition coefficient (Wildman–Crippen LogP) is 4.11. The Morgan fingerprint density at radius 3 is 2.52 bits per heavy atom. The standard InChI is InChI=1S/C27H32N4O2/c32-26(30-15-11-21(12-16-30)18-20-6-2-1-3-7-20)10-14-28-27(33)31-17-13-23-22-8-4-5-9-24(22)29-25(23)19-31/h1-9,21,29H,10-19H2,(H,28,33). The van der Waals surface area contributed by atoms with Crippen molar-refractivity contribution in [2.24, 2.45) is 5.92 Å². The van der Waals surface area contributed by atoms with Crippen LogP contribution in [0.5, 0.6) is 0 Å². The summed E-state index contributed by atoms with van der Waals surface area (Å²) in [6, 6.07) is 18.8. The van der Waals surface area contributed by atoms with E-state index < -0.39 is 0 Å². The average molecular weight is 445 g/mol. The van der Waals surface area contributed by atoms with Crippen LogP contribution in [0.2, 0.25) is 0 Å². The van der Waals surface area contributed by atoms with Crippen molar-refractivity contribution in [1.82, 2.24) is 20.1 Å². The lowest BCUT2D eigenvalue weighted by Gasteiger charge is -2.32. The molecule has 1 aromatic heterocycles. The van der Waals surface area contributed by atoms with Gasteiger partial charge in [0.25, 0.3) is 0 Å². The summed E-state index contributed by atoms with van der Waals surface area (Å²) in [5, 5.41) is 4.21. The van der Waals surface area contributed by atoms with Crippen LogP contribution in [-0.4, -0.2) is 52.9 Å². The highest BCUT2D eigenvalue weighted by Crippen LogP contribution is 2.27. The fourth-order valence-corrected chi connectivity index (χ4v) is 5.25. The summed E-state index contributed by atoms with van der Waals surface area (Å²) in [6.45, 7) is 3.30. The third-order valence-corrected chi connectivity index (χ3v) is 7.12. The van der Waals surface area contributed by atoms with Crippen molar-refractivity contribution >= 4 is 22.8 Å². The molecule has 1 saturated heterocycles. The van der Waals surface area contributed by atoms with Crippen LogP contribution in [0.15, 0.2) is 54.6 Å². The van der Waals surface area contributed by atoms with Gasteiger partial charge in [0, 0.05) is 49.2 Å². The first-order valence-corrected chi connectivity index (χ1v) is 12.1.